The monoisotopic (exact) mass is 430 g/mol. The molecule has 1 saturated heterocycles. The second-order valence-electron chi connectivity index (χ2n) is 7.46. The molecule has 0 saturated carbocycles. The molecule has 1 aliphatic rings. The minimum Gasteiger partial charge on any atom is -0.396 e. The molecule has 0 spiro atoms. The number of hydrogen-bond acceptors (Lipinski definition) is 4. The van der Waals surface area contributed by atoms with E-state index in [1.165, 1.54) is 6.92 Å². The van der Waals surface area contributed by atoms with Gasteiger partial charge in [-0.3, -0.25) is 4.79 Å². The highest BCUT2D eigenvalue weighted by molar-refractivity contribution is 6.34. The fourth-order valence-corrected chi connectivity index (χ4v) is 3.67. The van der Waals surface area contributed by atoms with Crippen LogP contribution in [-0.2, 0) is 11.3 Å². The summed E-state index contributed by atoms with van der Waals surface area (Å²) in [6.07, 6.45) is 2.02. The van der Waals surface area contributed by atoms with Crippen LogP contribution in [0.3, 0.4) is 0 Å². The number of rotatable bonds is 6. The normalized spacial score (nSPS) is 14.3. The molecule has 0 unspecified atom stereocenters. The summed E-state index contributed by atoms with van der Waals surface area (Å²) in [6, 6.07) is 12.7. The number of nitrogens with zero attached hydrogens (tertiary/aromatic N) is 1. The average molecular weight is 431 g/mol. The van der Waals surface area contributed by atoms with Gasteiger partial charge in [0.25, 0.3) is 0 Å². The van der Waals surface area contributed by atoms with E-state index in [9.17, 15) is 14.7 Å². The van der Waals surface area contributed by atoms with Crippen molar-refractivity contribution in [3.8, 4) is 0 Å². The number of halogens is 1. The minimum atomic E-state index is -0.362. The molecule has 0 atom stereocenters. The van der Waals surface area contributed by atoms with Gasteiger partial charge in [-0.2, -0.15) is 0 Å². The highest BCUT2D eigenvalue weighted by Crippen LogP contribution is 2.26. The van der Waals surface area contributed by atoms with Gasteiger partial charge in [0.1, 0.15) is 0 Å². The van der Waals surface area contributed by atoms with E-state index in [-0.39, 0.29) is 18.5 Å². The number of aliphatic hydroxyl groups is 1. The third-order valence-electron chi connectivity index (χ3n) is 5.16. The van der Waals surface area contributed by atoms with Gasteiger partial charge in [-0.25, -0.2) is 4.79 Å². The van der Waals surface area contributed by atoms with Crippen LogP contribution < -0.4 is 20.9 Å². The van der Waals surface area contributed by atoms with E-state index < -0.39 is 0 Å². The minimum absolute atomic E-state index is 0.190. The van der Waals surface area contributed by atoms with Crippen LogP contribution in [0.5, 0.6) is 0 Å². The van der Waals surface area contributed by atoms with E-state index in [2.05, 4.69) is 33.0 Å². The molecule has 2 aromatic carbocycles. The van der Waals surface area contributed by atoms with Crippen LogP contribution in [-0.4, -0.2) is 36.7 Å². The van der Waals surface area contributed by atoms with E-state index in [0.717, 1.165) is 37.2 Å². The molecule has 3 amide bonds. The van der Waals surface area contributed by atoms with E-state index in [0.29, 0.717) is 28.9 Å². The molecular formula is C22H27ClN4O3. The predicted octanol–water partition coefficient (Wildman–Crippen LogP) is 3.83. The van der Waals surface area contributed by atoms with E-state index in [1.54, 1.807) is 18.2 Å². The predicted molar refractivity (Wildman–Crippen MR) is 120 cm³/mol. The van der Waals surface area contributed by atoms with Gasteiger partial charge >= 0.3 is 6.03 Å². The molecule has 7 nitrogen and oxygen atoms in total. The number of anilines is 3. The van der Waals surface area contributed by atoms with Crippen molar-refractivity contribution in [2.24, 2.45) is 5.92 Å². The first-order valence-electron chi connectivity index (χ1n) is 10.0. The summed E-state index contributed by atoms with van der Waals surface area (Å²) in [5.74, 6) is 0.225. The van der Waals surface area contributed by atoms with Crippen molar-refractivity contribution in [2.45, 2.75) is 26.3 Å². The molecule has 30 heavy (non-hydrogen) atoms. The zero-order chi connectivity index (χ0) is 21.5. The Balaban J connectivity index is 1.48. The van der Waals surface area contributed by atoms with E-state index >= 15 is 0 Å². The number of piperidine rings is 1. The van der Waals surface area contributed by atoms with Gasteiger partial charge in [0, 0.05) is 44.5 Å². The molecule has 4 N–H and O–H groups in total. The SMILES string of the molecule is CC(=O)Nc1ccc(NC(=O)NCc2ccc(N3CCC(CO)CC3)cc2)c(Cl)c1. The number of aliphatic hydroxyl groups excluding tert-OH is 1. The summed E-state index contributed by atoms with van der Waals surface area (Å²) in [6.45, 7) is 3.98. The molecule has 1 heterocycles. The molecular weight excluding hydrogens is 404 g/mol. The maximum Gasteiger partial charge on any atom is 0.319 e. The van der Waals surface area contributed by atoms with Gasteiger partial charge < -0.3 is 26.0 Å². The van der Waals surface area contributed by atoms with Crippen LogP contribution >= 0.6 is 11.6 Å². The second-order valence-corrected chi connectivity index (χ2v) is 7.87. The fourth-order valence-electron chi connectivity index (χ4n) is 3.44. The lowest BCUT2D eigenvalue weighted by Crippen LogP contribution is -2.34. The van der Waals surface area contributed by atoms with Crippen molar-refractivity contribution in [2.75, 3.05) is 35.2 Å². The fraction of sp³-hybridized carbons (Fsp3) is 0.364. The average Bonchev–Trinajstić information content (AvgIpc) is 2.74. The number of nitrogens with one attached hydrogen (secondary N) is 3. The quantitative estimate of drug-likeness (QED) is 0.560. The number of urea groups is 1. The van der Waals surface area contributed by atoms with Crippen molar-refractivity contribution in [1.29, 1.82) is 0 Å². The van der Waals surface area contributed by atoms with Crippen molar-refractivity contribution in [1.82, 2.24) is 5.32 Å². The summed E-state index contributed by atoms with van der Waals surface area (Å²) in [5.41, 5.74) is 3.18. The molecule has 160 valence electrons. The molecule has 8 heteroatoms. The molecule has 1 fully saturated rings. The number of hydrogen-bond donors (Lipinski definition) is 4. The number of benzene rings is 2. The summed E-state index contributed by atoms with van der Waals surface area (Å²) in [4.78, 5) is 25.6. The summed E-state index contributed by atoms with van der Waals surface area (Å²) in [7, 11) is 0. The zero-order valence-electron chi connectivity index (χ0n) is 17.0. The largest absolute Gasteiger partial charge is 0.396 e. The van der Waals surface area contributed by atoms with Gasteiger partial charge in [-0.05, 0) is 54.7 Å². The number of carbonyl (C=O) groups is 2. The lowest BCUT2D eigenvalue weighted by Gasteiger charge is -2.33. The highest BCUT2D eigenvalue weighted by Gasteiger charge is 2.18. The van der Waals surface area contributed by atoms with Gasteiger partial charge in [0.15, 0.2) is 0 Å². The summed E-state index contributed by atoms with van der Waals surface area (Å²) >= 11 is 6.17. The van der Waals surface area contributed by atoms with Crippen LogP contribution in [0.25, 0.3) is 0 Å². The third kappa shape index (κ3) is 6.11. The Morgan fingerprint density at radius 3 is 2.40 bits per heavy atom. The Kier molecular flexibility index (Phi) is 7.54. The number of amides is 3. The van der Waals surface area contributed by atoms with Crippen LogP contribution in [0.1, 0.15) is 25.3 Å². The summed E-state index contributed by atoms with van der Waals surface area (Å²) < 4.78 is 0. The molecule has 3 rings (SSSR count). The van der Waals surface area contributed by atoms with Gasteiger partial charge in [0.2, 0.25) is 5.91 Å². The third-order valence-corrected chi connectivity index (χ3v) is 5.48. The molecule has 0 bridgehead atoms. The second kappa shape index (κ2) is 10.3. The standard InChI is InChI=1S/C22H27ClN4O3/c1-15(29)25-18-4-7-21(20(23)12-18)26-22(30)24-13-16-2-5-19(6-3-16)27-10-8-17(14-28)9-11-27/h2-7,12,17,28H,8-11,13-14H2,1H3,(H,25,29)(H2,24,26,30). The molecule has 0 aliphatic carbocycles. The van der Waals surface area contributed by atoms with Crippen molar-refractivity contribution in [3.05, 3.63) is 53.1 Å². The summed E-state index contributed by atoms with van der Waals surface area (Å²) in [5, 5.41) is 17.8. The Morgan fingerprint density at radius 1 is 1.10 bits per heavy atom. The number of carbonyl (C=O) groups excluding carboxylic acids is 2. The van der Waals surface area contributed by atoms with Gasteiger partial charge in [0.05, 0.1) is 10.7 Å². The Hall–Kier alpha value is -2.77. The lowest BCUT2D eigenvalue weighted by atomic mass is 9.97. The smallest absolute Gasteiger partial charge is 0.319 e. The van der Waals surface area contributed by atoms with Gasteiger partial charge in [-0.15, -0.1) is 0 Å². The maximum absolute atomic E-state index is 12.2. The first-order chi connectivity index (χ1) is 14.4. The Labute approximate surface area is 181 Å². The maximum atomic E-state index is 12.2. The van der Waals surface area contributed by atoms with E-state index in [4.69, 9.17) is 11.6 Å². The molecule has 0 aromatic heterocycles. The van der Waals surface area contributed by atoms with Crippen LogP contribution in [0.2, 0.25) is 5.02 Å². The van der Waals surface area contributed by atoms with Crippen LogP contribution in [0, 0.1) is 5.92 Å². The first-order valence-corrected chi connectivity index (χ1v) is 10.4. The molecule has 0 radical (unpaired) electrons. The highest BCUT2D eigenvalue weighted by atomic mass is 35.5. The van der Waals surface area contributed by atoms with Crippen molar-refractivity contribution >= 4 is 40.6 Å². The molecule has 2 aromatic rings. The topological polar surface area (TPSA) is 93.7 Å². The first kappa shape index (κ1) is 21.9. The Morgan fingerprint density at radius 2 is 1.80 bits per heavy atom. The lowest BCUT2D eigenvalue weighted by molar-refractivity contribution is -0.114. The van der Waals surface area contributed by atoms with Crippen molar-refractivity contribution < 1.29 is 14.7 Å². The van der Waals surface area contributed by atoms with Crippen LogP contribution in [0.15, 0.2) is 42.5 Å². The Bertz CT molecular complexity index is 880. The zero-order valence-corrected chi connectivity index (χ0v) is 17.7. The van der Waals surface area contributed by atoms with Gasteiger partial charge in [-0.1, -0.05) is 23.7 Å². The van der Waals surface area contributed by atoms with E-state index in [1.807, 2.05) is 12.1 Å². The van der Waals surface area contributed by atoms with Crippen molar-refractivity contribution in [3.63, 3.8) is 0 Å². The van der Waals surface area contributed by atoms with Crippen LogP contribution in [0.4, 0.5) is 21.9 Å². The molecule has 1 aliphatic heterocycles.